The van der Waals surface area contributed by atoms with Crippen molar-refractivity contribution in [1.29, 1.82) is 0 Å². The average Bonchev–Trinajstić information content (AvgIpc) is 2.61. The van der Waals surface area contributed by atoms with E-state index in [2.05, 4.69) is 15.0 Å². The van der Waals surface area contributed by atoms with Crippen LogP contribution in [0, 0.1) is 13.8 Å². The lowest BCUT2D eigenvalue weighted by Gasteiger charge is -2.20. The third-order valence-corrected chi connectivity index (χ3v) is 4.94. The highest BCUT2D eigenvalue weighted by molar-refractivity contribution is 7.99. The van der Waals surface area contributed by atoms with Crippen molar-refractivity contribution >= 4 is 23.8 Å². The number of nitrogens with zero attached hydrogens (tertiary/aromatic N) is 1. The molecule has 0 heterocycles. The number of aryl methyl sites for hydroxylation is 2. The third-order valence-electron chi connectivity index (χ3n) is 3.79. The summed E-state index contributed by atoms with van der Waals surface area (Å²) in [5, 5.41) is 3.07. The molecule has 1 N–H and O–H groups in total. The van der Waals surface area contributed by atoms with Gasteiger partial charge in [-0.25, -0.2) is 4.99 Å². The Bertz CT molecular complexity index is 868. The highest BCUT2D eigenvalue weighted by Gasteiger charge is 2.61. The molecule has 0 aromatic heterocycles. The van der Waals surface area contributed by atoms with Crippen LogP contribution in [0.4, 0.5) is 27.6 Å². The maximum Gasteiger partial charge on any atom is 0.499 e. The maximum atomic E-state index is 13.1. The fourth-order valence-electron chi connectivity index (χ4n) is 2.28. The zero-order chi connectivity index (χ0) is 21.7. The van der Waals surface area contributed by atoms with Crippen LogP contribution in [0.1, 0.15) is 24.5 Å². The van der Waals surface area contributed by atoms with E-state index in [9.17, 15) is 22.0 Å². The number of ether oxygens (including phenoxy) is 1. The predicted molar refractivity (Wildman–Crippen MR) is 105 cm³/mol. The predicted octanol–water partition coefficient (Wildman–Crippen LogP) is 6.65. The number of nitrogens with one attached hydrogen (secondary N) is 1. The Labute approximate surface area is 170 Å². The minimum Gasteiger partial charge on any atom is -0.426 e. The fourth-order valence-corrected chi connectivity index (χ4v) is 3.31. The number of hydrogen-bond donors (Lipinski definition) is 1. The van der Waals surface area contributed by atoms with Gasteiger partial charge in [-0.15, -0.1) is 0 Å². The van der Waals surface area contributed by atoms with Crippen LogP contribution < -0.4 is 10.1 Å². The van der Waals surface area contributed by atoms with E-state index in [0.717, 1.165) is 46.8 Å². The summed E-state index contributed by atoms with van der Waals surface area (Å²) in [5.74, 6) is -0.560. The molecule has 0 saturated heterocycles. The molecule has 0 aliphatic rings. The van der Waals surface area contributed by atoms with Crippen LogP contribution in [-0.4, -0.2) is 25.2 Å². The molecule has 0 saturated carbocycles. The molecule has 2 aromatic rings. The summed E-state index contributed by atoms with van der Waals surface area (Å²) >= 11 is 1.24. The van der Waals surface area contributed by atoms with Crippen LogP contribution in [0.3, 0.4) is 0 Å². The highest BCUT2D eigenvalue weighted by Crippen LogP contribution is 2.39. The number of benzene rings is 2. The standard InChI is InChI=1S/C20H21F5N2OS/c1-4-8-26-12-27-17-9-14(3)18(10-13(17)2)29-16-7-5-6-15(11-16)28-20(24,25)19(21,22)23/h5-7,9-12H,4,8H2,1-3H3,(H,26,27). The molecule has 158 valence electrons. The van der Waals surface area contributed by atoms with Gasteiger partial charge >= 0.3 is 12.3 Å². The lowest BCUT2D eigenvalue weighted by atomic mass is 10.1. The monoisotopic (exact) mass is 432 g/mol. The molecule has 0 bridgehead atoms. The first-order chi connectivity index (χ1) is 13.5. The van der Waals surface area contributed by atoms with E-state index in [0.29, 0.717) is 4.90 Å². The summed E-state index contributed by atoms with van der Waals surface area (Å²) in [6.07, 6.45) is -8.42. The van der Waals surface area contributed by atoms with Crippen LogP contribution in [0.5, 0.6) is 5.75 Å². The number of halogens is 5. The van der Waals surface area contributed by atoms with Crippen molar-refractivity contribution in [3.05, 3.63) is 47.5 Å². The Hall–Kier alpha value is -2.29. The van der Waals surface area contributed by atoms with Gasteiger partial charge in [0.25, 0.3) is 0 Å². The Balaban J connectivity index is 2.18. The molecule has 9 heteroatoms. The SMILES string of the molecule is CCCN/C=N\c1cc(C)c(Sc2cccc(OC(F)(F)C(F)(F)F)c2)cc1C. The van der Waals surface area contributed by atoms with Gasteiger partial charge in [0.05, 0.1) is 12.0 Å². The third kappa shape index (κ3) is 6.35. The molecular weight excluding hydrogens is 411 g/mol. The zero-order valence-corrected chi connectivity index (χ0v) is 16.9. The maximum absolute atomic E-state index is 13.1. The first-order valence-electron chi connectivity index (χ1n) is 8.82. The molecule has 3 nitrogen and oxygen atoms in total. The van der Waals surface area contributed by atoms with E-state index >= 15 is 0 Å². The van der Waals surface area contributed by atoms with Gasteiger partial charge in [-0.05, 0) is 61.7 Å². The molecule has 0 unspecified atom stereocenters. The molecule has 2 aromatic carbocycles. The first-order valence-corrected chi connectivity index (χ1v) is 9.64. The summed E-state index contributed by atoms with van der Waals surface area (Å²) in [5.41, 5.74) is 2.59. The van der Waals surface area contributed by atoms with E-state index < -0.39 is 18.0 Å². The number of alkyl halides is 5. The molecular formula is C20H21F5N2OS. The first kappa shape index (κ1) is 23.0. The molecule has 0 spiro atoms. The molecule has 0 aliphatic heterocycles. The number of rotatable bonds is 8. The smallest absolute Gasteiger partial charge is 0.426 e. The summed E-state index contributed by atoms with van der Waals surface area (Å²) in [6.45, 7) is 6.63. The van der Waals surface area contributed by atoms with Crippen molar-refractivity contribution in [2.75, 3.05) is 6.54 Å². The molecule has 2 rings (SSSR count). The molecule has 29 heavy (non-hydrogen) atoms. The van der Waals surface area contributed by atoms with Gasteiger partial charge in [-0.1, -0.05) is 24.8 Å². The number of hydrogen-bond acceptors (Lipinski definition) is 3. The molecule has 0 radical (unpaired) electrons. The second kappa shape index (κ2) is 9.47. The van der Waals surface area contributed by atoms with Crippen LogP contribution in [0.2, 0.25) is 0 Å². The highest BCUT2D eigenvalue weighted by atomic mass is 32.2. The quantitative estimate of drug-likeness (QED) is 0.220. The van der Waals surface area contributed by atoms with Gasteiger partial charge in [-0.2, -0.15) is 22.0 Å². The van der Waals surface area contributed by atoms with Crippen LogP contribution >= 0.6 is 11.8 Å². The second-order valence-corrected chi connectivity index (χ2v) is 7.43. The van der Waals surface area contributed by atoms with Gasteiger partial charge in [0, 0.05) is 16.3 Å². The van der Waals surface area contributed by atoms with Crippen LogP contribution in [-0.2, 0) is 0 Å². The lowest BCUT2D eigenvalue weighted by molar-refractivity contribution is -0.360. The Kier molecular flexibility index (Phi) is 7.51. The largest absolute Gasteiger partial charge is 0.499 e. The van der Waals surface area contributed by atoms with Gasteiger partial charge in [0.2, 0.25) is 0 Å². The minimum absolute atomic E-state index is 0.476. The lowest BCUT2D eigenvalue weighted by Crippen LogP contribution is -2.41. The van der Waals surface area contributed by atoms with Crippen molar-refractivity contribution in [2.45, 2.75) is 49.3 Å². The normalized spacial score (nSPS) is 12.4. The zero-order valence-electron chi connectivity index (χ0n) is 16.1. The van der Waals surface area contributed by atoms with Crippen molar-refractivity contribution < 1.29 is 26.7 Å². The number of aliphatic imine (C=N–C) groups is 1. The Morgan fingerprint density at radius 3 is 2.45 bits per heavy atom. The second-order valence-electron chi connectivity index (χ2n) is 6.31. The molecule has 0 atom stereocenters. The fraction of sp³-hybridized carbons (Fsp3) is 0.350. The minimum atomic E-state index is -5.79. The Morgan fingerprint density at radius 2 is 1.79 bits per heavy atom. The van der Waals surface area contributed by atoms with Gasteiger partial charge in [-0.3, -0.25) is 0 Å². The average molecular weight is 432 g/mol. The molecule has 0 fully saturated rings. The topological polar surface area (TPSA) is 33.6 Å². The van der Waals surface area contributed by atoms with Crippen molar-refractivity contribution in [1.82, 2.24) is 5.32 Å². The summed E-state index contributed by atoms with van der Waals surface area (Å²) in [7, 11) is 0. The van der Waals surface area contributed by atoms with Crippen LogP contribution in [0.15, 0.2) is 51.2 Å². The van der Waals surface area contributed by atoms with Crippen molar-refractivity contribution in [3.8, 4) is 5.75 Å². The van der Waals surface area contributed by atoms with E-state index in [1.54, 1.807) is 12.4 Å². The Morgan fingerprint density at radius 1 is 1.07 bits per heavy atom. The molecule has 0 aliphatic carbocycles. The van der Waals surface area contributed by atoms with E-state index in [1.165, 1.54) is 17.8 Å². The van der Waals surface area contributed by atoms with Crippen molar-refractivity contribution in [2.24, 2.45) is 4.99 Å². The van der Waals surface area contributed by atoms with Gasteiger partial charge in [0.1, 0.15) is 5.75 Å². The van der Waals surface area contributed by atoms with E-state index in [4.69, 9.17) is 0 Å². The summed E-state index contributed by atoms with van der Waals surface area (Å²) < 4.78 is 67.1. The van der Waals surface area contributed by atoms with Crippen LogP contribution in [0.25, 0.3) is 0 Å². The molecule has 0 amide bonds. The summed E-state index contributed by atoms with van der Waals surface area (Å²) in [4.78, 5) is 5.69. The van der Waals surface area contributed by atoms with Gasteiger partial charge < -0.3 is 10.1 Å². The van der Waals surface area contributed by atoms with Gasteiger partial charge in [0.15, 0.2) is 0 Å². The summed E-state index contributed by atoms with van der Waals surface area (Å²) in [6, 6.07) is 8.97. The van der Waals surface area contributed by atoms with E-state index in [-0.39, 0.29) is 0 Å². The van der Waals surface area contributed by atoms with Crippen molar-refractivity contribution in [3.63, 3.8) is 0 Å². The van der Waals surface area contributed by atoms with E-state index in [1.807, 2.05) is 32.9 Å².